The monoisotopic (exact) mass is 262 g/mol. The van der Waals surface area contributed by atoms with E-state index in [1.54, 1.807) is 0 Å². The molecule has 19 heavy (non-hydrogen) atoms. The predicted octanol–water partition coefficient (Wildman–Crippen LogP) is 1.93. The predicted molar refractivity (Wildman–Crippen MR) is 73.6 cm³/mol. The second kappa shape index (κ2) is 5.30. The minimum absolute atomic E-state index is 0.0240. The van der Waals surface area contributed by atoms with Gasteiger partial charge in [0.05, 0.1) is 17.8 Å². The number of nitrogens with one attached hydrogen (secondary N) is 1. The number of aliphatic carboxylic acids is 1. The summed E-state index contributed by atoms with van der Waals surface area (Å²) in [5.74, 6) is -0.848. The highest BCUT2D eigenvalue weighted by atomic mass is 16.4. The van der Waals surface area contributed by atoms with Gasteiger partial charge in [-0.15, -0.1) is 0 Å². The van der Waals surface area contributed by atoms with Crippen LogP contribution in [-0.2, 0) is 9.59 Å². The molecule has 0 fully saturated rings. The lowest BCUT2D eigenvalue weighted by Crippen LogP contribution is -2.27. The summed E-state index contributed by atoms with van der Waals surface area (Å²) in [6.45, 7) is 4.93. The Bertz CT molecular complexity index is 526. The molecule has 2 N–H and O–H groups in total. The molecule has 0 saturated heterocycles. The number of benzene rings is 1. The topological polar surface area (TPSA) is 69.6 Å². The van der Waals surface area contributed by atoms with Gasteiger partial charge >= 0.3 is 5.97 Å². The third kappa shape index (κ3) is 3.05. The lowest BCUT2D eigenvalue weighted by molar-refractivity contribution is -0.136. The molecule has 0 aromatic heterocycles. The molecule has 1 heterocycles. The zero-order valence-corrected chi connectivity index (χ0v) is 11.2. The number of anilines is 2. The summed E-state index contributed by atoms with van der Waals surface area (Å²) < 4.78 is 0. The van der Waals surface area contributed by atoms with Gasteiger partial charge in [-0.1, -0.05) is 6.07 Å². The Hall–Kier alpha value is -2.04. The maximum Gasteiger partial charge on any atom is 0.305 e. The number of nitrogens with zero attached hydrogens (tertiary/aromatic N) is 1. The first kappa shape index (κ1) is 13.4. The van der Waals surface area contributed by atoms with Crippen LogP contribution in [0.25, 0.3) is 0 Å². The van der Waals surface area contributed by atoms with E-state index < -0.39 is 5.97 Å². The van der Waals surface area contributed by atoms with Gasteiger partial charge < -0.3 is 15.3 Å². The molecule has 0 bridgehead atoms. The first-order valence-electron chi connectivity index (χ1n) is 6.35. The van der Waals surface area contributed by atoms with E-state index in [2.05, 4.69) is 5.32 Å². The van der Waals surface area contributed by atoms with Crippen LogP contribution < -0.4 is 10.2 Å². The Morgan fingerprint density at radius 1 is 1.42 bits per heavy atom. The summed E-state index contributed by atoms with van der Waals surface area (Å²) >= 11 is 0. The molecule has 5 heteroatoms. The van der Waals surface area contributed by atoms with Crippen molar-refractivity contribution in [2.24, 2.45) is 0 Å². The summed E-state index contributed by atoms with van der Waals surface area (Å²) in [6.07, 6.45) is 0.452. The molecule has 0 atom stereocenters. The van der Waals surface area contributed by atoms with E-state index in [1.807, 2.05) is 30.9 Å². The van der Waals surface area contributed by atoms with E-state index in [0.29, 0.717) is 19.5 Å². The van der Waals surface area contributed by atoms with Crippen LogP contribution in [0.1, 0.15) is 24.0 Å². The Kier molecular flexibility index (Phi) is 3.74. The van der Waals surface area contributed by atoms with Gasteiger partial charge in [0.25, 0.3) is 0 Å². The van der Waals surface area contributed by atoms with Crippen LogP contribution in [-0.4, -0.2) is 30.1 Å². The average Bonchev–Trinajstić information content (AvgIpc) is 2.45. The number of amides is 1. The van der Waals surface area contributed by atoms with Crippen LogP contribution in [0.4, 0.5) is 11.4 Å². The van der Waals surface area contributed by atoms with Crippen LogP contribution in [0.15, 0.2) is 12.1 Å². The second-order valence-electron chi connectivity index (χ2n) is 4.91. The van der Waals surface area contributed by atoms with E-state index in [9.17, 15) is 9.59 Å². The zero-order chi connectivity index (χ0) is 14.0. The quantitative estimate of drug-likeness (QED) is 0.873. The third-order valence-electron chi connectivity index (χ3n) is 3.24. The van der Waals surface area contributed by atoms with Gasteiger partial charge in [0.1, 0.15) is 0 Å². The molecule has 5 nitrogen and oxygen atoms in total. The van der Waals surface area contributed by atoms with Gasteiger partial charge in [-0.05, 0) is 31.0 Å². The van der Waals surface area contributed by atoms with Crippen molar-refractivity contribution in [3.63, 3.8) is 0 Å². The number of hydrogen-bond acceptors (Lipinski definition) is 3. The van der Waals surface area contributed by atoms with Gasteiger partial charge in [0, 0.05) is 19.5 Å². The third-order valence-corrected chi connectivity index (χ3v) is 3.24. The molecule has 1 aromatic carbocycles. The summed E-state index contributed by atoms with van der Waals surface area (Å²) in [4.78, 5) is 24.4. The van der Waals surface area contributed by atoms with Gasteiger partial charge in [-0.25, -0.2) is 0 Å². The van der Waals surface area contributed by atoms with Crippen LogP contribution >= 0.6 is 0 Å². The number of carboxylic acids is 1. The van der Waals surface area contributed by atoms with Crippen LogP contribution in [0, 0.1) is 13.8 Å². The SMILES string of the molecule is Cc1cc(C)c2c(c1)NC(=O)CCN2CCC(=O)O. The Labute approximate surface area is 112 Å². The average molecular weight is 262 g/mol. The molecule has 0 unspecified atom stereocenters. The zero-order valence-electron chi connectivity index (χ0n) is 11.2. The van der Waals surface area contributed by atoms with Crippen molar-refractivity contribution in [2.45, 2.75) is 26.7 Å². The number of aryl methyl sites for hydroxylation is 2. The lowest BCUT2D eigenvalue weighted by Gasteiger charge is -2.25. The fourth-order valence-electron chi connectivity index (χ4n) is 2.49. The molecular formula is C14H18N2O3. The van der Waals surface area contributed by atoms with Crippen molar-refractivity contribution in [2.75, 3.05) is 23.3 Å². The summed E-state index contributed by atoms with van der Waals surface area (Å²) in [7, 11) is 0. The van der Waals surface area contributed by atoms with Crippen LogP contribution in [0.5, 0.6) is 0 Å². The van der Waals surface area contributed by atoms with Gasteiger partial charge in [-0.3, -0.25) is 9.59 Å². The highest BCUT2D eigenvalue weighted by Crippen LogP contribution is 2.33. The number of carbonyl (C=O) groups excluding carboxylic acids is 1. The highest BCUT2D eigenvalue weighted by Gasteiger charge is 2.21. The van der Waals surface area contributed by atoms with Gasteiger partial charge in [-0.2, -0.15) is 0 Å². The first-order valence-corrected chi connectivity index (χ1v) is 6.35. The van der Waals surface area contributed by atoms with Crippen molar-refractivity contribution in [1.82, 2.24) is 0 Å². The largest absolute Gasteiger partial charge is 0.481 e. The molecule has 1 aromatic rings. The number of fused-ring (bicyclic) bond motifs is 1. The fourth-order valence-corrected chi connectivity index (χ4v) is 2.49. The van der Waals surface area contributed by atoms with E-state index in [1.165, 1.54) is 0 Å². The number of hydrogen-bond donors (Lipinski definition) is 2. The van der Waals surface area contributed by atoms with Crippen molar-refractivity contribution >= 4 is 23.3 Å². The van der Waals surface area contributed by atoms with Crippen molar-refractivity contribution in [3.05, 3.63) is 23.3 Å². The summed E-state index contributed by atoms with van der Waals surface area (Å²) in [6, 6.07) is 3.98. The summed E-state index contributed by atoms with van der Waals surface area (Å²) in [5, 5.41) is 11.7. The van der Waals surface area contributed by atoms with Crippen molar-refractivity contribution in [1.29, 1.82) is 0 Å². The number of carboxylic acid groups (broad SMARTS) is 1. The smallest absolute Gasteiger partial charge is 0.305 e. The Morgan fingerprint density at radius 3 is 2.84 bits per heavy atom. The van der Waals surface area contributed by atoms with Crippen molar-refractivity contribution < 1.29 is 14.7 Å². The molecule has 0 saturated carbocycles. The summed E-state index contributed by atoms with van der Waals surface area (Å²) in [5.41, 5.74) is 3.86. The minimum Gasteiger partial charge on any atom is -0.481 e. The lowest BCUT2D eigenvalue weighted by atomic mass is 10.1. The van der Waals surface area contributed by atoms with Crippen molar-refractivity contribution in [3.8, 4) is 0 Å². The van der Waals surface area contributed by atoms with E-state index in [-0.39, 0.29) is 12.3 Å². The molecule has 1 amide bonds. The Morgan fingerprint density at radius 2 is 2.16 bits per heavy atom. The van der Waals surface area contributed by atoms with E-state index in [4.69, 9.17) is 5.11 Å². The fraction of sp³-hybridized carbons (Fsp3) is 0.429. The molecule has 1 aliphatic rings. The normalized spacial score (nSPS) is 14.6. The molecule has 0 spiro atoms. The maximum atomic E-state index is 11.7. The molecule has 102 valence electrons. The molecule has 1 aliphatic heterocycles. The second-order valence-corrected chi connectivity index (χ2v) is 4.91. The molecular weight excluding hydrogens is 244 g/mol. The van der Waals surface area contributed by atoms with E-state index in [0.717, 1.165) is 22.5 Å². The number of carbonyl (C=O) groups is 2. The van der Waals surface area contributed by atoms with Gasteiger partial charge in [0.15, 0.2) is 0 Å². The van der Waals surface area contributed by atoms with Gasteiger partial charge in [0.2, 0.25) is 5.91 Å². The highest BCUT2D eigenvalue weighted by molar-refractivity contribution is 5.97. The standard InChI is InChI=1S/C14H18N2O3/c1-9-7-10(2)14-11(8-9)15-12(17)3-5-16(14)6-4-13(18)19/h7-8H,3-6H2,1-2H3,(H,15,17)(H,18,19). The molecule has 2 rings (SSSR count). The molecule has 0 radical (unpaired) electrons. The van der Waals surface area contributed by atoms with E-state index >= 15 is 0 Å². The molecule has 0 aliphatic carbocycles. The Balaban J connectivity index is 2.38. The van der Waals surface area contributed by atoms with Crippen LogP contribution in [0.3, 0.4) is 0 Å². The first-order chi connectivity index (χ1) is 8.97. The minimum atomic E-state index is -0.824. The number of rotatable bonds is 3. The maximum absolute atomic E-state index is 11.7. The van der Waals surface area contributed by atoms with Crippen LogP contribution in [0.2, 0.25) is 0 Å².